The number of para-hydroxylation sites is 1. The molecule has 1 nitrogen and oxygen atoms in total. The molecule has 1 rings (SSSR count). The van der Waals surface area contributed by atoms with Crippen LogP contribution >= 0.6 is 11.8 Å². The topological polar surface area (TPSA) is 12.0 Å². The van der Waals surface area contributed by atoms with Gasteiger partial charge in [-0.15, -0.1) is 0 Å². The molecule has 0 amide bonds. The van der Waals surface area contributed by atoms with E-state index in [4.69, 9.17) is 0 Å². The van der Waals surface area contributed by atoms with Gasteiger partial charge in [0.25, 0.3) is 0 Å². The fourth-order valence-corrected chi connectivity index (χ4v) is 2.03. The molecule has 0 saturated carbocycles. The maximum absolute atomic E-state index is 3.52. The van der Waals surface area contributed by atoms with Crippen molar-refractivity contribution in [2.24, 2.45) is 0 Å². The second-order valence-corrected chi connectivity index (χ2v) is 5.00. The van der Waals surface area contributed by atoms with Crippen LogP contribution in [0.3, 0.4) is 0 Å². The largest absolute Gasteiger partial charge is 0.385 e. The van der Waals surface area contributed by atoms with Gasteiger partial charge in [-0.1, -0.05) is 32.0 Å². The van der Waals surface area contributed by atoms with Crippen LogP contribution in [-0.2, 0) is 0 Å². The van der Waals surface area contributed by atoms with Gasteiger partial charge < -0.3 is 5.32 Å². The quantitative estimate of drug-likeness (QED) is 0.732. The molecular weight excluding hydrogens is 202 g/mol. The third kappa shape index (κ3) is 4.17. The zero-order valence-electron chi connectivity index (χ0n) is 9.92. The number of hydrogen-bond acceptors (Lipinski definition) is 2. The molecule has 0 fully saturated rings. The average molecular weight is 223 g/mol. The molecule has 0 atom stereocenters. The smallest absolute Gasteiger partial charge is 0.0375 e. The van der Waals surface area contributed by atoms with Crippen molar-refractivity contribution >= 4 is 17.4 Å². The lowest BCUT2D eigenvalue weighted by Gasteiger charge is -2.14. The molecule has 0 spiro atoms. The predicted octanol–water partition coefficient (Wildman–Crippen LogP) is 3.98. The SMILES string of the molecule is CSCCCNc1ccccc1C(C)C. The van der Waals surface area contributed by atoms with Crippen LogP contribution in [0.1, 0.15) is 31.7 Å². The number of thioether (sulfide) groups is 1. The summed E-state index contributed by atoms with van der Waals surface area (Å²) >= 11 is 1.91. The Hall–Kier alpha value is -0.630. The van der Waals surface area contributed by atoms with E-state index in [1.807, 2.05) is 11.8 Å². The molecule has 0 aliphatic rings. The summed E-state index contributed by atoms with van der Waals surface area (Å²) in [6, 6.07) is 8.60. The summed E-state index contributed by atoms with van der Waals surface area (Å²) in [5.74, 6) is 1.82. The number of hydrogen-bond donors (Lipinski definition) is 1. The van der Waals surface area contributed by atoms with Gasteiger partial charge in [-0.3, -0.25) is 0 Å². The number of anilines is 1. The lowest BCUT2D eigenvalue weighted by molar-refractivity contribution is 0.863. The Morgan fingerprint density at radius 3 is 2.67 bits per heavy atom. The van der Waals surface area contributed by atoms with Crippen LogP contribution in [0.15, 0.2) is 24.3 Å². The Morgan fingerprint density at radius 1 is 1.27 bits per heavy atom. The monoisotopic (exact) mass is 223 g/mol. The zero-order chi connectivity index (χ0) is 11.1. The molecule has 0 heterocycles. The van der Waals surface area contributed by atoms with Gasteiger partial charge in [0.15, 0.2) is 0 Å². The van der Waals surface area contributed by atoms with Gasteiger partial charge in [0, 0.05) is 12.2 Å². The van der Waals surface area contributed by atoms with Gasteiger partial charge in [-0.2, -0.15) is 11.8 Å². The van der Waals surface area contributed by atoms with Gasteiger partial charge in [0.1, 0.15) is 0 Å². The first-order valence-corrected chi connectivity index (χ1v) is 6.97. The van der Waals surface area contributed by atoms with Crippen molar-refractivity contribution < 1.29 is 0 Å². The third-order valence-electron chi connectivity index (χ3n) is 2.42. The number of rotatable bonds is 6. The first-order valence-electron chi connectivity index (χ1n) is 5.57. The lowest BCUT2D eigenvalue weighted by Crippen LogP contribution is -2.05. The molecule has 84 valence electrons. The third-order valence-corrected chi connectivity index (χ3v) is 3.12. The van der Waals surface area contributed by atoms with Gasteiger partial charge in [-0.05, 0) is 36.0 Å². The highest BCUT2D eigenvalue weighted by Crippen LogP contribution is 2.23. The van der Waals surface area contributed by atoms with Crippen molar-refractivity contribution in [3.63, 3.8) is 0 Å². The van der Waals surface area contributed by atoms with E-state index < -0.39 is 0 Å². The molecule has 1 aromatic carbocycles. The Bertz CT molecular complexity index is 284. The van der Waals surface area contributed by atoms with Crippen LogP contribution in [-0.4, -0.2) is 18.6 Å². The van der Waals surface area contributed by atoms with Gasteiger partial charge in [-0.25, -0.2) is 0 Å². The summed E-state index contributed by atoms with van der Waals surface area (Å²) in [4.78, 5) is 0. The molecule has 1 N–H and O–H groups in total. The average Bonchev–Trinajstić information content (AvgIpc) is 2.25. The molecule has 0 unspecified atom stereocenters. The van der Waals surface area contributed by atoms with E-state index in [0.717, 1.165) is 6.54 Å². The lowest BCUT2D eigenvalue weighted by atomic mass is 10.0. The van der Waals surface area contributed by atoms with Crippen LogP contribution in [0, 0.1) is 0 Å². The van der Waals surface area contributed by atoms with Crippen molar-refractivity contribution in [2.45, 2.75) is 26.2 Å². The second kappa shape index (κ2) is 6.78. The molecular formula is C13H21NS. The summed E-state index contributed by atoms with van der Waals surface area (Å²) in [6.45, 7) is 5.55. The Kier molecular flexibility index (Phi) is 5.62. The van der Waals surface area contributed by atoms with E-state index in [-0.39, 0.29) is 0 Å². The molecule has 2 heteroatoms. The minimum absolute atomic E-state index is 0.592. The Morgan fingerprint density at radius 2 is 2.00 bits per heavy atom. The molecule has 0 saturated heterocycles. The standard InChI is InChI=1S/C13H21NS/c1-11(2)12-7-4-5-8-13(12)14-9-6-10-15-3/h4-5,7-8,11,14H,6,9-10H2,1-3H3. The van der Waals surface area contributed by atoms with Crippen molar-refractivity contribution in [1.82, 2.24) is 0 Å². The molecule has 0 aliphatic carbocycles. The summed E-state index contributed by atoms with van der Waals surface area (Å²) in [6.07, 6.45) is 3.38. The molecule has 15 heavy (non-hydrogen) atoms. The zero-order valence-corrected chi connectivity index (χ0v) is 10.7. The van der Waals surface area contributed by atoms with Gasteiger partial charge in [0.2, 0.25) is 0 Å². The van der Waals surface area contributed by atoms with E-state index in [0.29, 0.717) is 5.92 Å². The molecule has 0 bridgehead atoms. The summed E-state index contributed by atoms with van der Waals surface area (Å²) in [5, 5.41) is 3.52. The van der Waals surface area contributed by atoms with E-state index in [1.165, 1.54) is 23.4 Å². The normalized spacial score (nSPS) is 10.7. The fraction of sp³-hybridized carbons (Fsp3) is 0.538. The fourth-order valence-electron chi connectivity index (χ4n) is 1.60. The van der Waals surface area contributed by atoms with Crippen molar-refractivity contribution in [3.8, 4) is 0 Å². The maximum atomic E-state index is 3.52. The summed E-state index contributed by atoms with van der Waals surface area (Å²) < 4.78 is 0. The van der Waals surface area contributed by atoms with Crippen molar-refractivity contribution in [3.05, 3.63) is 29.8 Å². The highest BCUT2D eigenvalue weighted by atomic mass is 32.2. The van der Waals surface area contributed by atoms with E-state index in [2.05, 4.69) is 49.7 Å². The maximum Gasteiger partial charge on any atom is 0.0375 e. The van der Waals surface area contributed by atoms with Gasteiger partial charge in [0.05, 0.1) is 0 Å². The van der Waals surface area contributed by atoms with Crippen molar-refractivity contribution in [2.75, 3.05) is 23.9 Å². The molecule has 0 radical (unpaired) electrons. The van der Waals surface area contributed by atoms with E-state index >= 15 is 0 Å². The number of benzene rings is 1. The van der Waals surface area contributed by atoms with Crippen LogP contribution < -0.4 is 5.32 Å². The molecule has 0 aromatic heterocycles. The van der Waals surface area contributed by atoms with Gasteiger partial charge >= 0.3 is 0 Å². The second-order valence-electron chi connectivity index (χ2n) is 4.02. The Balaban J connectivity index is 2.52. The first kappa shape index (κ1) is 12.4. The van der Waals surface area contributed by atoms with Crippen LogP contribution in [0.4, 0.5) is 5.69 Å². The van der Waals surface area contributed by atoms with Crippen LogP contribution in [0.2, 0.25) is 0 Å². The first-order chi connectivity index (χ1) is 7.25. The molecule has 0 aliphatic heterocycles. The summed E-state index contributed by atoms with van der Waals surface area (Å²) in [7, 11) is 0. The predicted molar refractivity (Wildman–Crippen MR) is 72.0 cm³/mol. The highest BCUT2D eigenvalue weighted by molar-refractivity contribution is 7.98. The number of nitrogens with one attached hydrogen (secondary N) is 1. The van der Waals surface area contributed by atoms with E-state index in [1.54, 1.807) is 0 Å². The Labute approximate surface area is 97.7 Å². The molecule has 1 aromatic rings. The van der Waals surface area contributed by atoms with Crippen LogP contribution in [0.25, 0.3) is 0 Å². The minimum Gasteiger partial charge on any atom is -0.385 e. The minimum atomic E-state index is 0.592. The highest BCUT2D eigenvalue weighted by Gasteiger charge is 2.04. The van der Waals surface area contributed by atoms with Crippen LogP contribution in [0.5, 0.6) is 0 Å². The van der Waals surface area contributed by atoms with E-state index in [9.17, 15) is 0 Å². The van der Waals surface area contributed by atoms with Crippen molar-refractivity contribution in [1.29, 1.82) is 0 Å². The summed E-state index contributed by atoms with van der Waals surface area (Å²) in [5.41, 5.74) is 2.72.